The zero-order chi connectivity index (χ0) is 15.6. The number of rotatable bonds is 5. The molecule has 2 rings (SSSR count). The van der Waals surface area contributed by atoms with Crippen molar-refractivity contribution in [2.75, 3.05) is 6.54 Å². The number of hydrogen-bond acceptors (Lipinski definition) is 3. The third kappa shape index (κ3) is 3.74. The number of β-amino-alcohol motifs (C(OH)–C–C–N with tert-alkyl or cyclic N) is 1. The minimum Gasteiger partial charge on any atom is -0.387 e. The van der Waals surface area contributed by atoms with Crippen LogP contribution in [0, 0.1) is 5.92 Å². The Balaban J connectivity index is 2.03. The first-order chi connectivity index (χ1) is 9.88. The summed E-state index contributed by atoms with van der Waals surface area (Å²) in [5.41, 5.74) is 0.618. The van der Waals surface area contributed by atoms with Crippen molar-refractivity contribution in [3.8, 4) is 0 Å². The molecule has 6 heteroatoms. The van der Waals surface area contributed by atoms with Crippen LogP contribution in [0.1, 0.15) is 31.9 Å². The first-order valence-corrected chi connectivity index (χ1v) is 7.31. The molecule has 0 spiro atoms. The zero-order valence-corrected chi connectivity index (χ0v) is 12.8. The SMILES string of the molecule is CC(C)CC1NC(=O)N(CC(O)c2ccc(Cl)cc2)C1=O. The van der Waals surface area contributed by atoms with E-state index in [1.165, 1.54) is 0 Å². The number of aliphatic hydroxyl groups is 1. The molecule has 0 aromatic heterocycles. The Labute approximate surface area is 128 Å². The quantitative estimate of drug-likeness (QED) is 0.820. The summed E-state index contributed by atoms with van der Waals surface area (Å²) in [5.74, 6) is 0.0297. The smallest absolute Gasteiger partial charge is 0.324 e. The highest BCUT2D eigenvalue weighted by molar-refractivity contribution is 6.30. The Morgan fingerprint density at radius 1 is 1.29 bits per heavy atom. The minimum absolute atomic E-state index is 0.0547. The number of urea groups is 1. The van der Waals surface area contributed by atoms with Crippen LogP contribution in [0.2, 0.25) is 5.02 Å². The van der Waals surface area contributed by atoms with Crippen molar-refractivity contribution in [2.45, 2.75) is 32.4 Å². The van der Waals surface area contributed by atoms with Crippen molar-refractivity contribution in [2.24, 2.45) is 5.92 Å². The van der Waals surface area contributed by atoms with Crippen LogP contribution in [0.15, 0.2) is 24.3 Å². The monoisotopic (exact) mass is 310 g/mol. The van der Waals surface area contributed by atoms with E-state index in [9.17, 15) is 14.7 Å². The van der Waals surface area contributed by atoms with E-state index in [0.717, 1.165) is 4.90 Å². The molecule has 0 saturated carbocycles. The minimum atomic E-state index is -0.922. The van der Waals surface area contributed by atoms with Gasteiger partial charge in [0.1, 0.15) is 6.04 Å². The summed E-state index contributed by atoms with van der Waals surface area (Å²) < 4.78 is 0. The number of benzene rings is 1. The van der Waals surface area contributed by atoms with Gasteiger partial charge in [0.25, 0.3) is 5.91 Å². The number of amides is 3. The van der Waals surface area contributed by atoms with E-state index < -0.39 is 18.2 Å². The van der Waals surface area contributed by atoms with Gasteiger partial charge in [-0.15, -0.1) is 0 Å². The van der Waals surface area contributed by atoms with Gasteiger partial charge < -0.3 is 10.4 Å². The van der Waals surface area contributed by atoms with Crippen LogP contribution in [-0.4, -0.2) is 34.5 Å². The number of nitrogens with zero attached hydrogens (tertiary/aromatic N) is 1. The van der Waals surface area contributed by atoms with E-state index in [4.69, 9.17) is 11.6 Å². The molecule has 5 nitrogen and oxygen atoms in total. The first-order valence-electron chi connectivity index (χ1n) is 6.94. The highest BCUT2D eigenvalue weighted by Gasteiger charge is 2.38. The standard InChI is InChI=1S/C15H19ClN2O3/c1-9(2)7-12-14(20)18(15(21)17-12)8-13(19)10-3-5-11(16)6-4-10/h3-6,9,12-13,19H,7-8H2,1-2H3,(H,17,21). The lowest BCUT2D eigenvalue weighted by Crippen LogP contribution is -2.35. The number of imide groups is 1. The largest absolute Gasteiger partial charge is 0.387 e. The summed E-state index contributed by atoms with van der Waals surface area (Å²) in [6.45, 7) is 3.93. The molecule has 2 atom stereocenters. The maximum absolute atomic E-state index is 12.2. The molecule has 1 aromatic carbocycles. The summed E-state index contributed by atoms with van der Waals surface area (Å²) in [4.78, 5) is 25.1. The number of carbonyl (C=O) groups excluding carboxylic acids is 2. The lowest BCUT2D eigenvalue weighted by atomic mass is 10.0. The average Bonchev–Trinajstić information content (AvgIpc) is 2.66. The molecule has 1 aliphatic rings. The Morgan fingerprint density at radius 2 is 1.90 bits per heavy atom. The van der Waals surface area contributed by atoms with Crippen molar-refractivity contribution in [1.29, 1.82) is 0 Å². The van der Waals surface area contributed by atoms with E-state index in [2.05, 4.69) is 5.32 Å². The molecule has 3 amide bonds. The van der Waals surface area contributed by atoms with Crippen LogP contribution < -0.4 is 5.32 Å². The fourth-order valence-electron chi connectivity index (χ4n) is 2.34. The zero-order valence-electron chi connectivity index (χ0n) is 12.0. The topological polar surface area (TPSA) is 69.6 Å². The first kappa shape index (κ1) is 15.8. The number of halogens is 1. The summed E-state index contributed by atoms with van der Waals surface area (Å²) in [7, 11) is 0. The van der Waals surface area contributed by atoms with Crippen molar-refractivity contribution in [3.05, 3.63) is 34.9 Å². The lowest BCUT2D eigenvalue weighted by molar-refractivity contribution is -0.128. The molecule has 114 valence electrons. The summed E-state index contributed by atoms with van der Waals surface area (Å²) in [6, 6.07) is 5.74. The van der Waals surface area contributed by atoms with Gasteiger partial charge in [0.05, 0.1) is 12.6 Å². The molecule has 1 saturated heterocycles. The Kier molecular flexibility index (Phi) is 4.85. The normalized spacial score (nSPS) is 20.0. The van der Waals surface area contributed by atoms with Gasteiger partial charge in [-0.2, -0.15) is 0 Å². The van der Waals surface area contributed by atoms with Crippen LogP contribution in [-0.2, 0) is 4.79 Å². The van der Waals surface area contributed by atoms with Crippen LogP contribution in [0.4, 0.5) is 4.79 Å². The molecular formula is C15H19ClN2O3. The van der Waals surface area contributed by atoms with Gasteiger partial charge in [-0.05, 0) is 30.0 Å². The molecule has 0 aliphatic carbocycles. The predicted octanol–water partition coefficient (Wildman–Crippen LogP) is 2.34. The van der Waals surface area contributed by atoms with Crippen LogP contribution in [0.3, 0.4) is 0 Å². The Bertz CT molecular complexity index is 530. The molecule has 21 heavy (non-hydrogen) atoms. The molecule has 0 bridgehead atoms. The molecule has 1 heterocycles. The van der Waals surface area contributed by atoms with E-state index in [0.29, 0.717) is 22.9 Å². The molecule has 1 aliphatic heterocycles. The summed E-state index contributed by atoms with van der Waals surface area (Å²) >= 11 is 5.79. The lowest BCUT2D eigenvalue weighted by Gasteiger charge is -2.18. The van der Waals surface area contributed by atoms with E-state index in [1.54, 1.807) is 24.3 Å². The maximum atomic E-state index is 12.2. The molecule has 0 radical (unpaired) electrons. The van der Waals surface area contributed by atoms with Crippen molar-refractivity contribution in [1.82, 2.24) is 10.2 Å². The fraction of sp³-hybridized carbons (Fsp3) is 0.467. The summed E-state index contributed by atoms with van der Waals surface area (Å²) in [5, 5.41) is 13.4. The van der Waals surface area contributed by atoms with E-state index in [1.807, 2.05) is 13.8 Å². The molecule has 2 unspecified atom stereocenters. The van der Waals surface area contributed by atoms with Gasteiger partial charge in [-0.3, -0.25) is 9.69 Å². The summed E-state index contributed by atoms with van der Waals surface area (Å²) in [6.07, 6.45) is -0.326. The molecular weight excluding hydrogens is 292 g/mol. The molecule has 1 aromatic rings. The van der Waals surface area contributed by atoms with E-state index in [-0.39, 0.29) is 12.5 Å². The second kappa shape index (κ2) is 6.45. The second-order valence-corrected chi connectivity index (χ2v) is 6.08. The van der Waals surface area contributed by atoms with Gasteiger partial charge in [0.15, 0.2) is 0 Å². The van der Waals surface area contributed by atoms with E-state index >= 15 is 0 Å². The number of nitrogens with one attached hydrogen (secondary N) is 1. The van der Waals surface area contributed by atoms with Gasteiger partial charge >= 0.3 is 6.03 Å². The van der Waals surface area contributed by atoms with Gasteiger partial charge in [0, 0.05) is 5.02 Å². The van der Waals surface area contributed by atoms with Crippen molar-refractivity contribution < 1.29 is 14.7 Å². The highest BCUT2D eigenvalue weighted by atomic mass is 35.5. The van der Waals surface area contributed by atoms with Crippen molar-refractivity contribution in [3.63, 3.8) is 0 Å². The third-order valence-corrected chi connectivity index (χ3v) is 3.68. The van der Waals surface area contributed by atoms with Crippen LogP contribution >= 0.6 is 11.6 Å². The third-order valence-electron chi connectivity index (χ3n) is 3.42. The second-order valence-electron chi connectivity index (χ2n) is 5.65. The Morgan fingerprint density at radius 3 is 2.48 bits per heavy atom. The fourth-order valence-corrected chi connectivity index (χ4v) is 2.47. The maximum Gasteiger partial charge on any atom is 0.324 e. The number of carbonyl (C=O) groups is 2. The number of hydrogen-bond donors (Lipinski definition) is 2. The Hall–Kier alpha value is -1.59. The number of aliphatic hydroxyl groups excluding tert-OH is 1. The molecule has 1 fully saturated rings. The van der Waals surface area contributed by atoms with Gasteiger partial charge in [0.2, 0.25) is 0 Å². The highest BCUT2D eigenvalue weighted by Crippen LogP contribution is 2.20. The van der Waals surface area contributed by atoms with Crippen LogP contribution in [0.25, 0.3) is 0 Å². The van der Waals surface area contributed by atoms with Crippen molar-refractivity contribution >= 4 is 23.5 Å². The van der Waals surface area contributed by atoms with Gasteiger partial charge in [-0.25, -0.2) is 4.79 Å². The van der Waals surface area contributed by atoms with Gasteiger partial charge in [-0.1, -0.05) is 37.6 Å². The average molecular weight is 311 g/mol. The van der Waals surface area contributed by atoms with Crippen LogP contribution in [0.5, 0.6) is 0 Å². The molecule has 2 N–H and O–H groups in total. The predicted molar refractivity (Wildman–Crippen MR) is 79.9 cm³/mol.